The van der Waals surface area contributed by atoms with Gasteiger partial charge in [0, 0.05) is 64.7 Å². The number of urea groups is 1. The Balaban J connectivity index is 1.63. The van der Waals surface area contributed by atoms with Gasteiger partial charge in [0.2, 0.25) is 24.4 Å². The molecule has 1 aromatic rings. The fourth-order valence-corrected chi connectivity index (χ4v) is 6.00. The Morgan fingerprint density at radius 2 is 2.00 bits per heavy atom. The van der Waals surface area contributed by atoms with Crippen LogP contribution in [0.2, 0.25) is 0 Å². The average molecular weight is 576 g/mol. The minimum Gasteiger partial charge on any atom is -0.493 e. The minimum absolute atomic E-state index is 0.0304. The summed E-state index contributed by atoms with van der Waals surface area (Å²) in [6, 6.07) is 2.61. The van der Waals surface area contributed by atoms with Crippen LogP contribution in [0.25, 0.3) is 0 Å². The van der Waals surface area contributed by atoms with E-state index in [1.54, 1.807) is 21.9 Å². The molecule has 0 aliphatic carbocycles. The molecule has 13 nitrogen and oxygen atoms in total. The topological polar surface area (TPSA) is 155 Å². The van der Waals surface area contributed by atoms with E-state index in [1.165, 1.54) is 14.2 Å². The van der Waals surface area contributed by atoms with Gasteiger partial charge in [-0.05, 0) is 30.5 Å². The number of amides is 4. The van der Waals surface area contributed by atoms with Gasteiger partial charge in [-0.15, -0.1) is 0 Å². The first-order chi connectivity index (χ1) is 19.7. The third-order valence-electron chi connectivity index (χ3n) is 8.24. The van der Waals surface area contributed by atoms with Crippen molar-refractivity contribution in [2.24, 2.45) is 11.7 Å². The van der Waals surface area contributed by atoms with Gasteiger partial charge in [-0.3, -0.25) is 24.2 Å². The molecule has 3 aliphatic heterocycles. The van der Waals surface area contributed by atoms with Crippen molar-refractivity contribution in [1.82, 2.24) is 19.6 Å². The molecule has 41 heavy (non-hydrogen) atoms. The highest BCUT2D eigenvalue weighted by Gasteiger charge is 2.48. The van der Waals surface area contributed by atoms with Gasteiger partial charge in [0.05, 0.1) is 19.6 Å². The molecule has 3 aliphatic rings. The molecule has 1 aromatic carbocycles. The van der Waals surface area contributed by atoms with E-state index in [-0.39, 0.29) is 44.7 Å². The van der Waals surface area contributed by atoms with Crippen LogP contribution in [0, 0.1) is 5.92 Å². The average Bonchev–Trinajstić information content (AvgIpc) is 3.57. The number of carbonyl (C=O) groups is 4. The number of nitrogens with two attached hydrogens (primary N) is 1. The molecule has 3 N–H and O–H groups in total. The molecule has 0 saturated carbocycles. The van der Waals surface area contributed by atoms with Crippen molar-refractivity contribution >= 4 is 23.8 Å². The number of benzene rings is 1. The molecular formula is C28H41N5O8. The molecule has 4 amide bonds. The summed E-state index contributed by atoms with van der Waals surface area (Å²) in [5.41, 5.74) is 6.50. The lowest BCUT2D eigenvalue weighted by molar-refractivity contribution is -0.143. The van der Waals surface area contributed by atoms with Gasteiger partial charge in [-0.1, -0.05) is 13.3 Å². The number of carboxylic acid groups (broad SMARTS) is 1. The van der Waals surface area contributed by atoms with E-state index >= 15 is 0 Å². The van der Waals surface area contributed by atoms with Gasteiger partial charge in [0.15, 0.2) is 11.5 Å². The number of rotatable bonds is 13. The summed E-state index contributed by atoms with van der Waals surface area (Å²) >= 11 is 0. The highest BCUT2D eigenvalue weighted by molar-refractivity contribution is 5.96. The monoisotopic (exact) mass is 575 g/mol. The number of carbonyl (C=O) groups excluding carboxylic acids is 3. The maximum atomic E-state index is 13.5. The van der Waals surface area contributed by atoms with Gasteiger partial charge in [0.25, 0.3) is 0 Å². The van der Waals surface area contributed by atoms with E-state index in [9.17, 15) is 24.3 Å². The van der Waals surface area contributed by atoms with Crippen LogP contribution in [-0.4, -0.2) is 121 Å². The van der Waals surface area contributed by atoms with E-state index in [4.69, 9.17) is 19.9 Å². The van der Waals surface area contributed by atoms with Crippen LogP contribution in [0.15, 0.2) is 12.1 Å². The maximum Gasteiger partial charge on any atom is 0.326 e. The molecule has 2 fully saturated rings. The summed E-state index contributed by atoms with van der Waals surface area (Å²) in [4.78, 5) is 57.3. The SMILES string of the molecule is CCCCN(CCN)C(=O)CN1C[C@H](c2cc(OC)c3c(c2)OCO3)[C@@H](C(=O)O)[C@@H]1CCN1CCC(=O)N(C)C1=O. The van der Waals surface area contributed by atoms with E-state index in [0.717, 1.165) is 17.7 Å². The number of likely N-dealkylation sites (tertiary alicyclic amines) is 1. The van der Waals surface area contributed by atoms with Crippen molar-refractivity contribution in [1.29, 1.82) is 0 Å². The van der Waals surface area contributed by atoms with Crippen LogP contribution in [0.5, 0.6) is 17.2 Å². The highest BCUT2D eigenvalue weighted by atomic mass is 16.7. The molecule has 3 heterocycles. The van der Waals surface area contributed by atoms with E-state index < -0.39 is 29.9 Å². The first kappa shape index (κ1) is 30.4. The quantitative estimate of drug-likeness (QED) is 0.350. The number of nitrogens with zero attached hydrogens (tertiary/aromatic N) is 4. The Bertz CT molecular complexity index is 1150. The lowest BCUT2D eigenvalue weighted by Gasteiger charge is -2.34. The van der Waals surface area contributed by atoms with E-state index in [1.807, 2.05) is 4.90 Å². The Morgan fingerprint density at radius 1 is 1.22 bits per heavy atom. The maximum absolute atomic E-state index is 13.5. The largest absolute Gasteiger partial charge is 0.493 e. The van der Waals surface area contributed by atoms with E-state index in [2.05, 4.69) is 6.92 Å². The Labute approximate surface area is 240 Å². The molecule has 2 saturated heterocycles. The fourth-order valence-electron chi connectivity index (χ4n) is 6.00. The fraction of sp³-hybridized carbons (Fsp3) is 0.643. The number of fused-ring (bicyclic) bond motifs is 1. The summed E-state index contributed by atoms with van der Waals surface area (Å²) < 4.78 is 16.6. The van der Waals surface area contributed by atoms with Crippen LogP contribution in [0.1, 0.15) is 44.1 Å². The number of hydrogen-bond acceptors (Lipinski definition) is 9. The van der Waals surface area contributed by atoms with Gasteiger partial charge in [0.1, 0.15) is 0 Å². The number of unbranched alkanes of at least 4 members (excludes halogenated alkanes) is 1. The third-order valence-corrected chi connectivity index (χ3v) is 8.24. The second-order valence-corrected chi connectivity index (χ2v) is 10.7. The molecule has 0 radical (unpaired) electrons. The molecule has 0 unspecified atom stereocenters. The minimum atomic E-state index is -0.992. The number of imide groups is 1. The zero-order chi connectivity index (χ0) is 29.7. The van der Waals surface area contributed by atoms with Crippen molar-refractivity contribution in [3.8, 4) is 17.2 Å². The Hall–Kier alpha value is -3.58. The molecule has 13 heteroatoms. The second-order valence-electron chi connectivity index (χ2n) is 10.7. The number of aliphatic carboxylic acids is 1. The predicted octanol–water partition coefficient (Wildman–Crippen LogP) is 1.15. The normalized spacial score (nSPS) is 22.4. The molecule has 0 bridgehead atoms. The van der Waals surface area contributed by atoms with Crippen LogP contribution >= 0.6 is 0 Å². The van der Waals surface area contributed by atoms with Gasteiger partial charge in [-0.2, -0.15) is 0 Å². The van der Waals surface area contributed by atoms with Crippen LogP contribution in [-0.2, 0) is 14.4 Å². The highest BCUT2D eigenvalue weighted by Crippen LogP contribution is 2.47. The van der Waals surface area contributed by atoms with Crippen LogP contribution in [0.3, 0.4) is 0 Å². The smallest absolute Gasteiger partial charge is 0.326 e. The molecule has 3 atom stereocenters. The van der Waals surface area contributed by atoms with Gasteiger partial charge < -0.3 is 34.9 Å². The lowest BCUT2D eigenvalue weighted by Crippen LogP contribution is -2.52. The van der Waals surface area contributed by atoms with Crippen molar-refractivity contribution < 1.29 is 38.5 Å². The third kappa shape index (κ3) is 6.51. The Morgan fingerprint density at radius 3 is 2.68 bits per heavy atom. The molecule has 4 rings (SSSR count). The number of ether oxygens (including phenoxy) is 3. The van der Waals surface area contributed by atoms with Crippen molar-refractivity contribution in [3.63, 3.8) is 0 Å². The standard InChI is InChI=1S/C28H41N5O8/c1-4-5-9-31(12-8-29)24(35)16-33-15-19(18-13-21(39-3)26-22(14-18)40-17-41-26)25(27(36)37)20(33)6-10-32-11-7-23(34)30(2)28(32)38/h13-14,19-20,25H,4-12,15-17,29H2,1-3H3,(H,36,37)/t19-,20+,25-/m1/s1. The predicted molar refractivity (Wildman–Crippen MR) is 148 cm³/mol. The van der Waals surface area contributed by atoms with Crippen molar-refractivity contribution in [2.75, 3.05) is 66.8 Å². The molecule has 0 spiro atoms. The van der Waals surface area contributed by atoms with Gasteiger partial charge in [-0.25, -0.2) is 4.79 Å². The second kappa shape index (κ2) is 13.4. The number of carboxylic acids is 1. The molecule has 226 valence electrons. The van der Waals surface area contributed by atoms with E-state index in [0.29, 0.717) is 55.4 Å². The summed E-state index contributed by atoms with van der Waals surface area (Å²) in [5.74, 6) is -1.29. The summed E-state index contributed by atoms with van der Waals surface area (Å²) in [6.07, 6.45) is 2.30. The first-order valence-corrected chi connectivity index (χ1v) is 14.2. The lowest BCUT2D eigenvalue weighted by atomic mass is 9.84. The summed E-state index contributed by atoms with van der Waals surface area (Å²) in [7, 11) is 2.96. The summed E-state index contributed by atoms with van der Waals surface area (Å²) in [6.45, 7) is 4.31. The Kier molecular flexibility index (Phi) is 9.92. The van der Waals surface area contributed by atoms with Gasteiger partial charge >= 0.3 is 12.0 Å². The zero-order valence-corrected chi connectivity index (χ0v) is 24.0. The first-order valence-electron chi connectivity index (χ1n) is 14.2. The molecule has 0 aromatic heterocycles. The summed E-state index contributed by atoms with van der Waals surface area (Å²) in [5, 5.41) is 10.5. The van der Waals surface area contributed by atoms with Crippen LogP contribution < -0.4 is 19.9 Å². The zero-order valence-electron chi connectivity index (χ0n) is 24.0. The number of methoxy groups -OCH3 is 1. The number of hydrogen-bond donors (Lipinski definition) is 2. The molecular weight excluding hydrogens is 534 g/mol. The van der Waals surface area contributed by atoms with Crippen LogP contribution in [0.4, 0.5) is 4.79 Å². The van der Waals surface area contributed by atoms with Crippen molar-refractivity contribution in [2.45, 2.75) is 44.6 Å². The van der Waals surface area contributed by atoms with Crippen molar-refractivity contribution in [3.05, 3.63) is 17.7 Å².